The third kappa shape index (κ3) is 4.26. The van der Waals surface area contributed by atoms with Crippen molar-refractivity contribution >= 4 is 16.7 Å². The van der Waals surface area contributed by atoms with Crippen LogP contribution >= 0.6 is 0 Å². The number of benzene rings is 1. The zero-order valence-corrected chi connectivity index (χ0v) is 16.1. The first-order valence-corrected chi connectivity index (χ1v) is 9.42. The van der Waals surface area contributed by atoms with E-state index >= 15 is 0 Å². The highest BCUT2D eigenvalue weighted by molar-refractivity contribution is 5.92. The summed E-state index contributed by atoms with van der Waals surface area (Å²) >= 11 is 0. The fourth-order valence-corrected chi connectivity index (χ4v) is 3.07. The molecule has 0 aliphatic carbocycles. The van der Waals surface area contributed by atoms with Gasteiger partial charge >= 0.3 is 0 Å². The van der Waals surface area contributed by atoms with Gasteiger partial charge in [0.25, 0.3) is 5.91 Å². The van der Waals surface area contributed by atoms with E-state index in [4.69, 9.17) is 9.26 Å². The van der Waals surface area contributed by atoms with Crippen molar-refractivity contribution in [3.63, 3.8) is 0 Å². The van der Waals surface area contributed by atoms with Crippen LogP contribution < -0.4 is 4.74 Å². The lowest BCUT2D eigenvalue weighted by Gasteiger charge is -2.19. The van der Waals surface area contributed by atoms with Gasteiger partial charge in [0.15, 0.2) is 11.5 Å². The minimum Gasteiger partial charge on any atom is -0.485 e. The van der Waals surface area contributed by atoms with Crippen LogP contribution in [0.4, 0.5) is 0 Å². The van der Waals surface area contributed by atoms with E-state index in [-0.39, 0.29) is 18.2 Å². The fourth-order valence-electron chi connectivity index (χ4n) is 3.07. The summed E-state index contributed by atoms with van der Waals surface area (Å²) in [7, 11) is 0. The Bertz CT molecular complexity index is 1090. The summed E-state index contributed by atoms with van der Waals surface area (Å²) in [5, 5.41) is 10.0. The first-order valence-electron chi connectivity index (χ1n) is 9.42. The molecule has 1 aromatic carbocycles. The topological polar surface area (TPSA) is 86.3 Å². The Balaban J connectivity index is 1.40. The molecular weight excluding hydrogens is 370 g/mol. The molecule has 1 amide bonds. The van der Waals surface area contributed by atoms with E-state index in [1.54, 1.807) is 34.2 Å². The zero-order valence-electron chi connectivity index (χ0n) is 16.1. The minimum absolute atomic E-state index is 0.175. The van der Waals surface area contributed by atoms with Gasteiger partial charge in [-0.1, -0.05) is 17.3 Å². The van der Waals surface area contributed by atoms with Crippen molar-refractivity contribution in [2.45, 2.75) is 20.1 Å². The van der Waals surface area contributed by atoms with E-state index in [2.05, 4.69) is 15.2 Å². The number of hydrogen-bond donors (Lipinski definition) is 0. The summed E-state index contributed by atoms with van der Waals surface area (Å²) in [6.45, 7) is 3.85. The van der Waals surface area contributed by atoms with Crippen LogP contribution in [0.5, 0.6) is 5.75 Å². The SMILES string of the molecule is CCN(CCn1cccn1)C(=O)c1cc(COc2cccc3cnccc23)on1. The molecule has 0 bridgehead atoms. The second-order valence-corrected chi connectivity index (χ2v) is 6.47. The van der Waals surface area contributed by atoms with E-state index < -0.39 is 0 Å². The summed E-state index contributed by atoms with van der Waals surface area (Å²) in [6.07, 6.45) is 7.10. The lowest BCUT2D eigenvalue weighted by atomic mass is 10.1. The molecule has 0 unspecified atom stereocenters. The Morgan fingerprint density at radius 1 is 1.24 bits per heavy atom. The number of fused-ring (bicyclic) bond motifs is 1. The summed E-state index contributed by atoms with van der Waals surface area (Å²) < 4.78 is 13.0. The van der Waals surface area contributed by atoms with E-state index in [1.165, 1.54) is 0 Å². The number of aromatic nitrogens is 4. The van der Waals surface area contributed by atoms with Crippen LogP contribution in [0.2, 0.25) is 0 Å². The number of nitrogens with zero attached hydrogens (tertiary/aromatic N) is 5. The quantitative estimate of drug-likeness (QED) is 0.459. The van der Waals surface area contributed by atoms with Gasteiger partial charge < -0.3 is 14.2 Å². The molecule has 0 saturated heterocycles. The smallest absolute Gasteiger partial charge is 0.276 e. The molecule has 0 saturated carbocycles. The number of amides is 1. The summed E-state index contributed by atoms with van der Waals surface area (Å²) in [4.78, 5) is 18.6. The van der Waals surface area contributed by atoms with Crippen LogP contribution in [0.25, 0.3) is 10.8 Å². The molecule has 4 aromatic rings. The van der Waals surface area contributed by atoms with E-state index in [9.17, 15) is 4.79 Å². The van der Waals surface area contributed by atoms with Crippen LogP contribution in [0.1, 0.15) is 23.2 Å². The van der Waals surface area contributed by atoms with Crippen molar-refractivity contribution in [3.8, 4) is 5.75 Å². The van der Waals surface area contributed by atoms with Gasteiger partial charge in [0.05, 0.1) is 6.54 Å². The van der Waals surface area contributed by atoms with Crippen molar-refractivity contribution in [3.05, 3.63) is 72.6 Å². The first-order chi connectivity index (χ1) is 14.2. The minimum atomic E-state index is -0.175. The average Bonchev–Trinajstić information content (AvgIpc) is 3.44. The Morgan fingerprint density at radius 3 is 3.00 bits per heavy atom. The van der Waals surface area contributed by atoms with Gasteiger partial charge in [-0.25, -0.2) is 0 Å². The highest BCUT2D eigenvalue weighted by Crippen LogP contribution is 2.25. The Morgan fingerprint density at radius 2 is 2.17 bits per heavy atom. The number of carbonyl (C=O) groups is 1. The Kier molecular flexibility index (Phi) is 5.51. The van der Waals surface area contributed by atoms with Gasteiger partial charge in [0.2, 0.25) is 0 Å². The third-order valence-electron chi connectivity index (χ3n) is 4.62. The monoisotopic (exact) mass is 391 g/mol. The second kappa shape index (κ2) is 8.55. The molecule has 148 valence electrons. The number of hydrogen-bond acceptors (Lipinski definition) is 6. The maximum absolute atomic E-state index is 12.7. The zero-order chi connectivity index (χ0) is 20.1. The molecule has 0 aliphatic rings. The maximum Gasteiger partial charge on any atom is 0.276 e. The Hall–Kier alpha value is -3.68. The van der Waals surface area contributed by atoms with Crippen LogP contribution in [0.3, 0.4) is 0 Å². The van der Waals surface area contributed by atoms with E-state index in [1.807, 2.05) is 43.5 Å². The van der Waals surface area contributed by atoms with Crippen molar-refractivity contribution in [1.82, 2.24) is 24.8 Å². The van der Waals surface area contributed by atoms with Crippen LogP contribution in [0, 0.1) is 0 Å². The van der Waals surface area contributed by atoms with Gasteiger partial charge in [-0.2, -0.15) is 5.10 Å². The third-order valence-corrected chi connectivity index (χ3v) is 4.62. The maximum atomic E-state index is 12.7. The number of carbonyl (C=O) groups excluding carboxylic acids is 1. The molecule has 3 aromatic heterocycles. The van der Waals surface area contributed by atoms with Gasteiger partial charge in [0, 0.05) is 54.7 Å². The predicted molar refractivity (Wildman–Crippen MR) is 106 cm³/mol. The lowest BCUT2D eigenvalue weighted by Crippen LogP contribution is -2.34. The Labute approximate surface area is 167 Å². The lowest BCUT2D eigenvalue weighted by molar-refractivity contribution is 0.0746. The van der Waals surface area contributed by atoms with Crippen LogP contribution in [0.15, 0.2) is 65.7 Å². The van der Waals surface area contributed by atoms with Gasteiger partial charge in [-0.3, -0.25) is 14.5 Å². The molecule has 3 heterocycles. The summed E-state index contributed by atoms with van der Waals surface area (Å²) in [6, 6.07) is 11.2. The van der Waals surface area contributed by atoms with E-state index in [0.29, 0.717) is 25.4 Å². The molecule has 0 aliphatic heterocycles. The summed E-state index contributed by atoms with van der Waals surface area (Å²) in [5.74, 6) is 1.04. The number of rotatable bonds is 8. The molecule has 4 rings (SSSR count). The number of pyridine rings is 1. The van der Waals surface area contributed by atoms with Crippen molar-refractivity contribution in [1.29, 1.82) is 0 Å². The molecular formula is C21H21N5O3. The van der Waals surface area contributed by atoms with Crippen molar-refractivity contribution in [2.75, 3.05) is 13.1 Å². The first kappa shape index (κ1) is 18.7. The molecule has 8 heteroatoms. The molecule has 8 nitrogen and oxygen atoms in total. The molecule has 0 fully saturated rings. The van der Waals surface area contributed by atoms with Crippen LogP contribution in [-0.4, -0.2) is 43.8 Å². The molecule has 0 atom stereocenters. The van der Waals surface area contributed by atoms with Gasteiger partial charge in [0.1, 0.15) is 12.4 Å². The largest absolute Gasteiger partial charge is 0.485 e. The standard InChI is InChI=1S/C21H21N5O3/c1-2-25(11-12-26-10-4-8-23-26)21(27)19-13-17(29-24-19)15-28-20-6-3-5-16-14-22-9-7-18(16)20/h3-10,13-14H,2,11-12,15H2,1H3. The molecule has 0 spiro atoms. The van der Waals surface area contributed by atoms with Crippen molar-refractivity contribution in [2.24, 2.45) is 0 Å². The number of ether oxygens (including phenoxy) is 1. The predicted octanol–water partition coefficient (Wildman–Crippen LogP) is 3.16. The van der Waals surface area contributed by atoms with E-state index in [0.717, 1.165) is 16.5 Å². The van der Waals surface area contributed by atoms with Crippen molar-refractivity contribution < 1.29 is 14.1 Å². The normalized spacial score (nSPS) is 10.9. The fraction of sp³-hybridized carbons (Fsp3) is 0.238. The van der Waals surface area contributed by atoms with Crippen LogP contribution in [-0.2, 0) is 13.2 Å². The molecule has 0 radical (unpaired) electrons. The second-order valence-electron chi connectivity index (χ2n) is 6.47. The highest BCUT2D eigenvalue weighted by Gasteiger charge is 2.19. The molecule has 0 N–H and O–H groups in total. The number of likely N-dealkylation sites (N-methyl/N-ethyl adjacent to an activating group) is 1. The highest BCUT2D eigenvalue weighted by atomic mass is 16.5. The molecule has 29 heavy (non-hydrogen) atoms. The average molecular weight is 391 g/mol. The van der Waals surface area contributed by atoms with Gasteiger partial charge in [-0.05, 0) is 25.1 Å². The summed E-state index contributed by atoms with van der Waals surface area (Å²) in [5.41, 5.74) is 0.271. The van der Waals surface area contributed by atoms with Gasteiger partial charge in [-0.15, -0.1) is 0 Å².